The Morgan fingerprint density at radius 3 is 2.62 bits per heavy atom. The van der Waals surface area contributed by atoms with Crippen LogP contribution in [0.1, 0.15) is 17.0 Å². The number of thioether (sulfide) groups is 1. The predicted octanol–water partition coefficient (Wildman–Crippen LogP) is 5.10. The number of nitrogens with one attached hydrogen (secondary N) is 1. The summed E-state index contributed by atoms with van der Waals surface area (Å²) in [6.07, 6.45) is 0.306. The lowest BCUT2D eigenvalue weighted by Gasteiger charge is -2.06. The number of benzene rings is 2. The number of hydrogen-bond acceptors (Lipinski definition) is 5. The van der Waals surface area contributed by atoms with Gasteiger partial charge in [0.1, 0.15) is 11.3 Å². The number of furan rings is 1. The Bertz CT molecular complexity index is 936. The summed E-state index contributed by atoms with van der Waals surface area (Å²) in [5.41, 5.74) is 0.874. The molecule has 0 aliphatic rings. The maximum Gasteiger partial charge on any atom is 0.376 e. The van der Waals surface area contributed by atoms with E-state index in [2.05, 4.69) is 21.2 Å². The van der Waals surface area contributed by atoms with Gasteiger partial charge in [-0.1, -0.05) is 28.1 Å². The molecule has 0 unspecified atom stereocenters. The molecule has 0 aliphatic heterocycles. The molecule has 0 spiro atoms. The first-order valence-electron chi connectivity index (χ1n) is 7.86. The number of methoxy groups -OCH3 is 1. The van der Waals surface area contributed by atoms with E-state index in [-0.39, 0.29) is 11.7 Å². The van der Waals surface area contributed by atoms with E-state index in [1.54, 1.807) is 30.0 Å². The molecule has 1 N–H and O–H groups in total. The lowest BCUT2D eigenvalue weighted by Crippen LogP contribution is -2.14. The molecule has 2 aromatic carbocycles. The molecule has 1 aromatic heterocycles. The van der Waals surface area contributed by atoms with E-state index in [0.29, 0.717) is 28.8 Å². The van der Waals surface area contributed by atoms with Crippen LogP contribution < -0.4 is 5.32 Å². The Labute approximate surface area is 163 Å². The molecule has 0 atom stereocenters. The third kappa shape index (κ3) is 4.28. The van der Waals surface area contributed by atoms with Crippen LogP contribution in [0.15, 0.2) is 62.3 Å². The van der Waals surface area contributed by atoms with Gasteiger partial charge in [-0.2, -0.15) is 0 Å². The number of amides is 1. The van der Waals surface area contributed by atoms with Gasteiger partial charge in [0, 0.05) is 26.9 Å². The molecule has 7 heteroatoms. The van der Waals surface area contributed by atoms with Crippen molar-refractivity contribution in [2.24, 2.45) is 0 Å². The Kier molecular flexibility index (Phi) is 6.00. The first-order valence-corrected chi connectivity index (χ1v) is 9.64. The number of rotatable bonds is 6. The van der Waals surface area contributed by atoms with Crippen LogP contribution in [0, 0.1) is 0 Å². The summed E-state index contributed by atoms with van der Waals surface area (Å²) in [5, 5.41) is 3.46. The Morgan fingerprint density at radius 2 is 1.88 bits per heavy atom. The number of para-hydroxylation sites is 1. The van der Waals surface area contributed by atoms with Crippen molar-refractivity contribution in [3.8, 4) is 0 Å². The highest BCUT2D eigenvalue weighted by atomic mass is 79.9. The van der Waals surface area contributed by atoms with Crippen molar-refractivity contribution in [2.45, 2.75) is 11.3 Å². The summed E-state index contributed by atoms with van der Waals surface area (Å²) >= 11 is 4.99. The van der Waals surface area contributed by atoms with Gasteiger partial charge in [-0.05, 0) is 36.4 Å². The van der Waals surface area contributed by atoms with Gasteiger partial charge in [-0.25, -0.2) is 4.79 Å². The van der Waals surface area contributed by atoms with E-state index in [0.717, 1.165) is 9.37 Å². The van der Waals surface area contributed by atoms with Crippen molar-refractivity contribution < 1.29 is 18.7 Å². The van der Waals surface area contributed by atoms with Gasteiger partial charge in [0.25, 0.3) is 0 Å². The van der Waals surface area contributed by atoms with Crippen LogP contribution in [-0.2, 0) is 9.53 Å². The number of ether oxygens (including phenoxy) is 1. The van der Waals surface area contributed by atoms with Gasteiger partial charge in [0.05, 0.1) is 7.11 Å². The van der Waals surface area contributed by atoms with Gasteiger partial charge in [-0.3, -0.25) is 4.79 Å². The second-order valence-electron chi connectivity index (χ2n) is 5.39. The van der Waals surface area contributed by atoms with Gasteiger partial charge in [0.2, 0.25) is 11.7 Å². The fourth-order valence-electron chi connectivity index (χ4n) is 2.40. The SMILES string of the molecule is COC(=O)c1oc2ccccc2c1NC(=O)CCSc1ccc(Br)cc1. The summed E-state index contributed by atoms with van der Waals surface area (Å²) in [6, 6.07) is 15.0. The molecule has 134 valence electrons. The zero-order valence-corrected chi connectivity index (χ0v) is 16.4. The van der Waals surface area contributed by atoms with Gasteiger partial charge in [0.15, 0.2) is 0 Å². The number of halogens is 1. The number of anilines is 1. The van der Waals surface area contributed by atoms with Crippen LogP contribution in [0.2, 0.25) is 0 Å². The fraction of sp³-hybridized carbons (Fsp3) is 0.158. The molecule has 0 bridgehead atoms. The van der Waals surface area contributed by atoms with Crippen molar-refractivity contribution in [3.05, 3.63) is 58.8 Å². The van der Waals surface area contributed by atoms with Crippen molar-refractivity contribution in [1.82, 2.24) is 0 Å². The molecule has 0 saturated heterocycles. The lowest BCUT2D eigenvalue weighted by molar-refractivity contribution is -0.115. The van der Waals surface area contributed by atoms with Crippen molar-refractivity contribution in [2.75, 3.05) is 18.2 Å². The standard InChI is InChI=1S/C19H16BrNO4S/c1-24-19(23)18-17(14-4-2-3-5-15(14)25-18)21-16(22)10-11-26-13-8-6-12(20)7-9-13/h2-9H,10-11H2,1H3,(H,21,22). The smallest absolute Gasteiger partial charge is 0.376 e. The summed E-state index contributed by atoms with van der Waals surface area (Å²) in [7, 11) is 1.27. The van der Waals surface area contributed by atoms with E-state index < -0.39 is 5.97 Å². The van der Waals surface area contributed by atoms with Crippen LogP contribution in [0.4, 0.5) is 5.69 Å². The zero-order chi connectivity index (χ0) is 18.5. The highest BCUT2D eigenvalue weighted by Gasteiger charge is 2.22. The van der Waals surface area contributed by atoms with Crippen molar-refractivity contribution in [3.63, 3.8) is 0 Å². The minimum absolute atomic E-state index is 0.00242. The Morgan fingerprint density at radius 1 is 1.15 bits per heavy atom. The second kappa shape index (κ2) is 8.42. The Balaban J connectivity index is 1.68. The quantitative estimate of drug-likeness (QED) is 0.432. The van der Waals surface area contributed by atoms with Gasteiger partial charge >= 0.3 is 5.97 Å². The van der Waals surface area contributed by atoms with Crippen LogP contribution in [0.5, 0.6) is 0 Å². The molecule has 1 amide bonds. The highest BCUT2D eigenvalue weighted by Crippen LogP contribution is 2.31. The largest absolute Gasteiger partial charge is 0.463 e. The number of fused-ring (bicyclic) bond motifs is 1. The molecule has 5 nitrogen and oxygen atoms in total. The molecular formula is C19H16BrNO4S. The van der Waals surface area contributed by atoms with Crippen molar-refractivity contribution >= 4 is 56.2 Å². The maximum atomic E-state index is 12.3. The molecule has 3 rings (SSSR count). The maximum absolute atomic E-state index is 12.3. The first kappa shape index (κ1) is 18.5. The topological polar surface area (TPSA) is 68.5 Å². The fourth-order valence-corrected chi connectivity index (χ4v) is 3.52. The molecular weight excluding hydrogens is 418 g/mol. The van der Waals surface area contributed by atoms with Crippen LogP contribution >= 0.6 is 27.7 Å². The molecule has 26 heavy (non-hydrogen) atoms. The third-order valence-electron chi connectivity index (χ3n) is 3.64. The summed E-state index contributed by atoms with van der Waals surface area (Å²) in [5.74, 6) is -0.189. The first-order chi connectivity index (χ1) is 12.6. The van der Waals surface area contributed by atoms with Crippen molar-refractivity contribution in [1.29, 1.82) is 0 Å². The van der Waals surface area contributed by atoms with E-state index in [9.17, 15) is 9.59 Å². The minimum Gasteiger partial charge on any atom is -0.463 e. The van der Waals surface area contributed by atoms with E-state index in [1.165, 1.54) is 7.11 Å². The van der Waals surface area contributed by atoms with Gasteiger partial charge < -0.3 is 14.5 Å². The molecule has 3 aromatic rings. The lowest BCUT2D eigenvalue weighted by atomic mass is 10.2. The number of hydrogen-bond donors (Lipinski definition) is 1. The second-order valence-corrected chi connectivity index (χ2v) is 7.48. The van der Waals surface area contributed by atoms with Crippen LogP contribution in [0.25, 0.3) is 11.0 Å². The summed E-state index contributed by atoms with van der Waals surface area (Å²) in [6.45, 7) is 0. The third-order valence-corrected chi connectivity index (χ3v) is 5.18. The number of carbonyl (C=O) groups is 2. The van der Waals surface area contributed by atoms with E-state index in [4.69, 9.17) is 9.15 Å². The summed E-state index contributed by atoms with van der Waals surface area (Å²) < 4.78 is 11.3. The molecule has 0 aliphatic carbocycles. The van der Waals surface area contributed by atoms with E-state index in [1.807, 2.05) is 30.3 Å². The zero-order valence-electron chi connectivity index (χ0n) is 14.0. The molecule has 0 fully saturated rings. The average Bonchev–Trinajstić information content (AvgIpc) is 3.01. The van der Waals surface area contributed by atoms with Crippen LogP contribution in [0.3, 0.4) is 0 Å². The normalized spacial score (nSPS) is 10.7. The Hall–Kier alpha value is -2.25. The monoisotopic (exact) mass is 433 g/mol. The molecule has 0 saturated carbocycles. The summed E-state index contributed by atoms with van der Waals surface area (Å²) in [4.78, 5) is 25.4. The van der Waals surface area contributed by atoms with Crippen LogP contribution in [-0.4, -0.2) is 24.7 Å². The highest BCUT2D eigenvalue weighted by molar-refractivity contribution is 9.10. The molecule has 1 heterocycles. The average molecular weight is 434 g/mol. The predicted molar refractivity (Wildman–Crippen MR) is 106 cm³/mol. The minimum atomic E-state index is -0.624. The van der Waals surface area contributed by atoms with Gasteiger partial charge in [-0.15, -0.1) is 11.8 Å². The number of esters is 1. The number of carbonyl (C=O) groups excluding carboxylic acids is 2. The van der Waals surface area contributed by atoms with E-state index >= 15 is 0 Å². The molecule has 0 radical (unpaired) electrons.